The molecular formula is C22H24ClN3O2. The van der Waals surface area contributed by atoms with Gasteiger partial charge in [-0.15, -0.1) is 0 Å². The number of nitrogens with zero attached hydrogens (tertiary/aromatic N) is 3. The van der Waals surface area contributed by atoms with Gasteiger partial charge in [0.15, 0.2) is 5.78 Å². The number of halogens is 1. The zero-order valence-corrected chi connectivity index (χ0v) is 16.9. The Morgan fingerprint density at radius 3 is 2.68 bits per heavy atom. The van der Waals surface area contributed by atoms with Crippen LogP contribution in [0.4, 0.5) is 0 Å². The Bertz CT molecular complexity index is 949. The predicted octanol–water partition coefficient (Wildman–Crippen LogP) is 4.42. The highest BCUT2D eigenvalue weighted by Gasteiger charge is 2.16. The molecule has 3 rings (SSSR count). The number of aromatic nitrogens is 3. The van der Waals surface area contributed by atoms with Gasteiger partial charge in [0.25, 0.3) is 0 Å². The van der Waals surface area contributed by atoms with Crippen LogP contribution >= 0.6 is 11.6 Å². The van der Waals surface area contributed by atoms with E-state index < -0.39 is 0 Å². The molecule has 0 saturated heterocycles. The van der Waals surface area contributed by atoms with Crippen LogP contribution in [-0.4, -0.2) is 32.0 Å². The highest BCUT2D eigenvalue weighted by molar-refractivity contribution is 6.30. The van der Waals surface area contributed by atoms with E-state index in [0.29, 0.717) is 35.3 Å². The summed E-state index contributed by atoms with van der Waals surface area (Å²) in [6.07, 6.45) is 4.70. The maximum atomic E-state index is 12.4. The van der Waals surface area contributed by atoms with E-state index in [1.54, 1.807) is 6.20 Å². The van der Waals surface area contributed by atoms with Gasteiger partial charge in [-0.3, -0.25) is 9.78 Å². The van der Waals surface area contributed by atoms with Gasteiger partial charge in [-0.2, -0.15) is 0 Å². The first-order chi connectivity index (χ1) is 13.5. The summed E-state index contributed by atoms with van der Waals surface area (Å²) in [6, 6.07) is 11.3. The van der Waals surface area contributed by atoms with Crippen LogP contribution in [0.3, 0.4) is 0 Å². The molecule has 0 atom stereocenters. The number of Topliss-reactive ketones (excluding diaryl/α,β-unsaturated/α-hetero) is 1. The molecule has 0 amide bonds. The summed E-state index contributed by atoms with van der Waals surface area (Å²) < 4.78 is 1.87. The SMILES string of the molecule is CC(C)CC(=O)Cn1cc(-c2ccc(CCO)cn2)nc1-c1cccc(Cl)c1. The second-order valence-corrected chi connectivity index (χ2v) is 7.69. The van der Waals surface area contributed by atoms with Crippen LogP contribution in [-0.2, 0) is 17.8 Å². The minimum atomic E-state index is 0.0898. The van der Waals surface area contributed by atoms with Gasteiger partial charge in [0.1, 0.15) is 11.5 Å². The Kier molecular flexibility index (Phi) is 6.60. The summed E-state index contributed by atoms with van der Waals surface area (Å²) in [7, 11) is 0. The standard InChI is InChI=1S/C22H24ClN3O2/c1-15(2)10-19(28)13-26-14-21(20-7-6-16(8-9-27)12-24-20)25-22(26)17-4-3-5-18(23)11-17/h3-7,11-12,14-15,27H,8-10,13H2,1-2H3. The highest BCUT2D eigenvalue weighted by atomic mass is 35.5. The third-order valence-electron chi connectivity index (χ3n) is 4.33. The molecule has 0 aliphatic rings. The van der Waals surface area contributed by atoms with Gasteiger partial charge in [-0.05, 0) is 36.1 Å². The zero-order chi connectivity index (χ0) is 20.1. The number of ketones is 1. The lowest BCUT2D eigenvalue weighted by molar-refractivity contribution is -0.120. The van der Waals surface area contributed by atoms with Crippen molar-refractivity contribution in [1.82, 2.24) is 14.5 Å². The van der Waals surface area contributed by atoms with Crippen molar-refractivity contribution in [1.29, 1.82) is 0 Å². The quantitative estimate of drug-likeness (QED) is 0.611. The fourth-order valence-electron chi connectivity index (χ4n) is 3.08. The van der Waals surface area contributed by atoms with Crippen LogP contribution in [0.5, 0.6) is 0 Å². The number of aliphatic hydroxyl groups is 1. The van der Waals surface area contributed by atoms with Crippen molar-refractivity contribution in [3.8, 4) is 22.8 Å². The van der Waals surface area contributed by atoms with Crippen LogP contribution in [0.15, 0.2) is 48.8 Å². The molecule has 0 aliphatic carbocycles. The number of benzene rings is 1. The third-order valence-corrected chi connectivity index (χ3v) is 4.56. The Morgan fingerprint density at radius 2 is 2.04 bits per heavy atom. The number of carbonyl (C=O) groups excluding carboxylic acids is 1. The van der Waals surface area contributed by atoms with Crippen molar-refractivity contribution in [2.24, 2.45) is 5.92 Å². The molecule has 28 heavy (non-hydrogen) atoms. The Balaban J connectivity index is 1.98. The summed E-state index contributed by atoms with van der Waals surface area (Å²) >= 11 is 6.16. The summed E-state index contributed by atoms with van der Waals surface area (Å²) in [4.78, 5) is 21.6. The number of carbonyl (C=O) groups is 1. The van der Waals surface area contributed by atoms with Gasteiger partial charge in [-0.1, -0.05) is 43.6 Å². The molecule has 1 N–H and O–H groups in total. The Morgan fingerprint density at radius 1 is 1.21 bits per heavy atom. The first kappa shape index (κ1) is 20.2. The van der Waals surface area contributed by atoms with Crippen LogP contribution in [0.2, 0.25) is 5.02 Å². The molecule has 0 fully saturated rings. The molecule has 0 bridgehead atoms. The summed E-state index contributed by atoms with van der Waals surface area (Å²) in [5.41, 5.74) is 3.24. The van der Waals surface area contributed by atoms with Crippen LogP contribution in [0.1, 0.15) is 25.8 Å². The van der Waals surface area contributed by atoms with Crippen molar-refractivity contribution < 1.29 is 9.90 Å². The van der Waals surface area contributed by atoms with E-state index in [1.807, 2.05) is 61.0 Å². The molecule has 0 aliphatic heterocycles. The smallest absolute Gasteiger partial charge is 0.152 e. The average Bonchev–Trinajstić information content (AvgIpc) is 3.05. The minimum absolute atomic E-state index is 0.0898. The molecule has 0 radical (unpaired) electrons. The maximum Gasteiger partial charge on any atom is 0.152 e. The van der Waals surface area contributed by atoms with Gasteiger partial charge in [-0.25, -0.2) is 4.98 Å². The fraction of sp³-hybridized carbons (Fsp3) is 0.318. The fourth-order valence-corrected chi connectivity index (χ4v) is 3.27. The molecule has 0 unspecified atom stereocenters. The zero-order valence-electron chi connectivity index (χ0n) is 16.1. The van der Waals surface area contributed by atoms with Gasteiger partial charge >= 0.3 is 0 Å². The lowest BCUT2D eigenvalue weighted by Gasteiger charge is -2.08. The number of aliphatic hydroxyl groups excluding tert-OH is 1. The monoisotopic (exact) mass is 397 g/mol. The van der Waals surface area contributed by atoms with E-state index in [-0.39, 0.29) is 18.9 Å². The van der Waals surface area contributed by atoms with Crippen molar-refractivity contribution >= 4 is 17.4 Å². The van der Waals surface area contributed by atoms with Gasteiger partial charge in [0.2, 0.25) is 0 Å². The molecular weight excluding hydrogens is 374 g/mol. The van der Waals surface area contributed by atoms with Crippen LogP contribution in [0.25, 0.3) is 22.8 Å². The van der Waals surface area contributed by atoms with Gasteiger partial charge < -0.3 is 9.67 Å². The largest absolute Gasteiger partial charge is 0.396 e. The molecule has 2 aromatic heterocycles. The van der Waals surface area contributed by atoms with Crippen molar-refractivity contribution in [3.05, 3.63) is 59.4 Å². The first-order valence-electron chi connectivity index (χ1n) is 9.37. The number of imidazole rings is 1. The predicted molar refractivity (Wildman–Crippen MR) is 111 cm³/mol. The molecule has 1 aromatic carbocycles. The number of rotatable bonds is 8. The van der Waals surface area contributed by atoms with Crippen molar-refractivity contribution in [2.75, 3.05) is 6.61 Å². The topological polar surface area (TPSA) is 68.0 Å². The number of hydrogen-bond acceptors (Lipinski definition) is 4. The normalized spacial score (nSPS) is 11.2. The maximum absolute atomic E-state index is 12.4. The Labute approximate surface area is 170 Å². The summed E-state index contributed by atoms with van der Waals surface area (Å²) in [6.45, 7) is 4.42. The average molecular weight is 398 g/mol. The van der Waals surface area contributed by atoms with E-state index in [2.05, 4.69) is 4.98 Å². The second-order valence-electron chi connectivity index (χ2n) is 7.25. The van der Waals surface area contributed by atoms with Crippen molar-refractivity contribution in [2.45, 2.75) is 33.2 Å². The van der Waals surface area contributed by atoms with Crippen LogP contribution in [0, 0.1) is 5.92 Å². The minimum Gasteiger partial charge on any atom is -0.396 e. The van der Waals surface area contributed by atoms with E-state index in [9.17, 15) is 4.79 Å². The van der Waals surface area contributed by atoms with Crippen molar-refractivity contribution in [3.63, 3.8) is 0 Å². The summed E-state index contributed by atoms with van der Waals surface area (Å²) in [5, 5.41) is 9.67. The van der Waals surface area contributed by atoms with Gasteiger partial charge in [0, 0.05) is 36.0 Å². The lowest BCUT2D eigenvalue weighted by atomic mass is 10.1. The first-order valence-corrected chi connectivity index (χ1v) is 9.75. The molecule has 3 aromatic rings. The van der Waals surface area contributed by atoms with Crippen LogP contribution < -0.4 is 0 Å². The summed E-state index contributed by atoms with van der Waals surface area (Å²) in [5.74, 6) is 1.16. The number of hydrogen-bond donors (Lipinski definition) is 1. The molecule has 2 heterocycles. The second kappa shape index (κ2) is 9.13. The molecule has 6 heteroatoms. The molecule has 146 valence electrons. The lowest BCUT2D eigenvalue weighted by Crippen LogP contribution is -2.12. The number of pyridine rings is 1. The van der Waals surface area contributed by atoms with E-state index >= 15 is 0 Å². The van der Waals surface area contributed by atoms with E-state index in [1.165, 1.54) is 0 Å². The molecule has 0 spiro atoms. The Hall–Kier alpha value is -2.50. The van der Waals surface area contributed by atoms with Gasteiger partial charge in [0.05, 0.1) is 12.2 Å². The molecule has 0 saturated carbocycles. The highest BCUT2D eigenvalue weighted by Crippen LogP contribution is 2.26. The van der Waals surface area contributed by atoms with E-state index in [4.69, 9.17) is 21.7 Å². The third kappa shape index (κ3) is 5.06. The molecule has 5 nitrogen and oxygen atoms in total. The van der Waals surface area contributed by atoms with E-state index in [0.717, 1.165) is 16.8 Å².